The van der Waals surface area contributed by atoms with Crippen LogP contribution in [0, 0.1) is 0 Å². The van der Waals surface area contributed by atoms with Crippen LogP contribution in [0.5, 0.6) is 5.75 Å². The Morgan fingerprint density at radius 2 is 1.12 bits per heavy atom. The molecular weight excluding hydrogens is 392 g/mol. The first-order valence-corrected chi connectivity index (χ1v) is 11.4. The molecule has 0 aliphatic heterocycles. The summed E-state index contributed by atoms with van der Waals surface area (Å²) in [5.41, 5.74) is 6.35. The lowest BCUT2D eigenvalue weighted by Crippen LogP contribution is -2.38. The van der Waals surface area contributed by atoms with Gasteiger partial charge in [0.1, 0.15) is 11.9 Å². The van der Waals surface area contributed by atoms with E-state index in [1.807, 2.05) is 0 Å². The second kappa shape index (κ2) is 11.7. The van der Waals surface area contributed by atoms with Gasteiger partial charge in [-0.2, -0.15) is 0 Å². The van der Waals surface area contributed by atoms with Crippen LogP contribution in [-0.4, -0.2) is 57.2 Å². The first-order chi connectivity index (χ1) is 15.5. The molecule has 0 spiro atoms. The lowest BCUT2D eigenvalue weighted by Gasteiger charge is -2.25. The van der Waals surface area contributed by atoms with Gasteiger partial charge >= 0.3 is 0 Å². The highest BCUT2D eigenvalue weighted by Gasteiger charge is 2.15. The summed E-state index contributed by atoms with van der Waals surface area (Å²) in [6, 6.07) is 30.0. The standard InChI is InChI=1S/C29H36N2O/c1-6-28(23-13-9-7-10-14-23)29(24-15-11-8-12-16-24)25-17-19-26(20-18-25)32-27(21-30(2)3)22-31(4)5/h7-20,27H,6,21-22H2,1-5H3. The van der Waals surface area contributed by atoms with Crippen molar-refractivity contribution in [2.45, 2.75) is 19.4 Å². The summed E-state index contributed by atoms with van der Waals surface area (Å²) in [6.07, 6.45) is 1.07. The molecule has 0 aliphatic rings. The molecule has 0 aromatic heterocycles. The number of allylic oxidation sites excluding steroid dienone is 1. The normalized spacial score (nSPS) is 12.4. The molecule has 3 nitrogen and oxygen atoms in total. The topological polar surface area (TPSA) is 15.7 Å². The summed E-state index contributed by atoms with van der Waals surface area (Å²) in [7, 11) is 8.34. The van der Waals surface area contributed by atoms with Crippen molar-refractivity contribution in [2.24, 2.45) is 0 Å². The van der Waals surface area contributed by atoms with E-state index in [0.717, 1.165) is 25.3 Å². The predicted octanol–water partition coefficient (Wildman–Crippen LogP) is 5.93. The maximum absolute atomic E-state index is 6.35. The number of benzene rings is 3. The molecule has 0 N–H and O–H groups in total. The summed E-state index contributed by atoms with van der Waals surface area (Å²) < 4.78 is 6.35. The van der Waals surface area contributed by atoms with Gasteiger partial charge < -0.3 is 14.5 Å². The number of rotatable bonds is 10. The zero-order valence-electron chi connectivity index (χ0n) is 20.1. The van der Waals surface area contributed by atoms with Crippen LogP contribution in [0.15, 0.2) is 84.9 Å². The zero-order valence-corrected chi connectivity index (χ0v) is 20.1. The Bertz CT molecular complexity index is 967. The van der Waals surface area contributed by atoms with Crippen molar-refractivity contribution in [3.05, 3.63) is 102 Å². The van der Waals surface area contributed by atoms with Crippen LogP contribution >= 0.6 is 0 Å². The van der Waals surface area contributed by atoms with Crippen molar-refractivity contribution in [2.75, 3.05) is 41.3 Å². The number of nitrogens with zero attached hydrogens (tertiary/aromatic N) is 2. The van der Waals surface area contributed by atoms with Gasteiger partial charge in [0.05, 0.1) is 0 Å². The van der Waals surface area contributed by atoms with Crippen LogP contribution in [0.2, 0.25) is 0 Å². The van der Waals surface area contributed by atoms with E-state index >= 15 is 0 Å². The Balaban J connectivity index is 1.97. The minimum Gasteiger partial charge on any atom is -0.488 e. The average Bonchev–Trinajstić information content (AvgIpc) is 2.78. The molecule has 0 atom stereocenters. The molecule has 0 heterocycles. The van der Waals surface area contributed by atoms with Gasteiger partial charge in [-0.25, -0.2) is 0 Å². The Labute approximate surface area is 194 Å². The number of likely N-dealkylation sites (N-methyl/N-ethyl adjacent to an activating group) is 2. The average molecular weight is 429 g/mol. The van der Waals surface area contributed by atoms with Gasteiger partial charge in [0, 0.05) is 13.1 Å². The quantitative estimate of drug-likeness (QED) is 0.373. The van der Waals surface area contributed by atoms with Gasteiger partial charge in [-0.1, -0.05) is 79.7 Å². The minimum absolute atomic E-state index is 0.116. The van der Waals surface area contributed by atoms with Gasteiger partial charge in [-0.05, 0) is 74.6 Å². The van der Waals surface area contributed by atoms with Crippen LogP contribution in [0.4, 0.5) is 0 Å². The molecular formula is C29H36N2O. The lowest BCUT2D eigenvalue weighted by atomic mass is 9.88. The van der Waals surface area contributed by atoms with Crippen molar-refractivity contribution in [1.29, 1.82) is 0 Å². The Morgan fingerprint density at radius 3 is 1.59 bits per heavy atom. The molecule has 3 aromatic rings. The highest BCUT2D eigenvalue weighted by molar-refractivity contribution is 5.98. The van der Waals surface area contributed by atoms with Crippen molar-refractivity contribution in [1.82, 2.24) is 9.80 Å². The molecule has 3 rings (SSSR count). The largest absolute Gasteiger partial charge is 0.488 e. The van der Waals surface area contributed by atoms with Gasteiger partial charge in [-0.3, -0.25) is 0 Å². The van der Waals surface area contributed by atoms with E-state index in [2.05, 4.69) is 130 Å². The van der Waals surface area contributed by atoms with Crippen molar-refractivity contribution < 1.29 is 4.74 Å². The number of hydrogen-bond acceptors (Lipinski definition) is 3. The zero-order chi connectivity index (χ0) is 22.9. The molecule has 168 valence electrons. The number of ether oxygens (including phenoxy) is 1. The lowest BCUT2D eigenvalue weighted by molar-refractivity contribution is 0.128. The Kier molecular flexibility index (Phi) is 8.66. The van der Waals surface area contributed by atoms with Crippen molar-refractivity contribution in [3.8, 4) is 5.75 Å². The second-order valence-corrected chi connectivity index (χ2v) is 8.73. The fraction of sp³-hybridized carbons (Fsp3) is 0.310. The SMILES string of the molecule is CCC(=C(c1ccccc1)c1ccc(OC(CN(C)C)CN(C)C)cc1)c1ccccc1. The third-order valence-corrected chi connectivity index (χ3v) is 5.42. The third kappa shape index (κ3) is 6.56. The van der Waals surface area contributed by atoms with E-state index in [0.29, 0.717) is 0 Å². The molecule has 0 aliphatic carbocycles. The van der Waals surface area contributed by atoms with E-state index < -0.39 is 0 Å². The van der Waals surface area contributed by atoms with Gasteiger partial charge in [-0.15, -0.1) is 0 Å². The number of hydrogen-bond donors (Lipinski definition) is 0. The molecule has 0 radical (unpaired) electrons. The van der Waals surface area contributed by atoms with E-state index in [1.165, 1.54) is 27.8 Å². The molecule has 0 saturated carbocycles. The van der Waals surface area contributed by atoms with Gasteiger partial charge in [0.25, 0.3) is 0 Å². The highest BCUT2D eigenvalue weighted by Crippen LogP contribution is 2.35. The minimum atomic E-state index is 0.116. The summed E-state index contributed by atoms with van der Waals surface area (Å²) in [6.45, 7) is 3.99. The smallest absolute Gasteiger partial charge is 0.124 e. The summed E-state index contributed by atoms with van der Waals surface area (Å²) in [4.78, 5) is 4.35. The van der Waals surface area contributed by atoms with Crippen molar-refractivity contribution >= 4 is 11.1 Å². The molecule has 0 fully saturated rings. The molecule has 3 aromatic carbocycles. The first kappa shape index (κ1) is 23.8. The Hall–Kier alpha value is -2.88. The van der Waals surface area contributed by atoms with Crippen LogP contribution in [0.3, 0.4) is 0 Å². The monoisotopic (exact) mass is 428 g/mol. The van der Waals surface area contributed by atoms with E-state index in [9.17, 15) is 0 Å². The third-order valence-electron chi connectivity index (χ3n) is 5.42. The van der Waals surface area contributed by atoms with E-state index in [1.54, 1.807) is 0 Å². The molecule has 0 amide bonds. The highest BCUT2D eigenvalue weighted by atomic mass is 16.5. The van der Waals surface area contributed by atoms with Crippen LogP contribution in [-0.2, 0) is 0 Å². The van der Waals surface area contributed by atoms with Crippen LogP contribution in [0.25, 0.3) is 11.1 Å². The molecule has 32 heavy (non-hydrogen) atoms. The predicted molar refractivity (Wildman–Crippen MR) is 137 cm³/mol. The van der Waals surface area contributed by atoms with Gasteiger partial charge in [0.15, 0.2) is 0 Å². The molecule has 3 heteroatoms. The maximum Gasteiger partial charge on any atom is 0.124 e. The van der Waals surface area contributed by atoms with E-state index in [-0.39, 0.29) is 6.10 Å². The second-order valence-electron chi connectivity index (χ2n) is 8.73. The van der Waals surface area contributed by atoms with Gasteiger partial charge in [0.2, 0.25) is 0 Å². The fourth-order valence-electron chi connectivity index (χ4n) is 4.12. The summed E-state index contributed by atoms with van der Waals surface area (Å²) in [5, 5.41) is 0. The Morgan fingerprint density at radius 1 is 0.656 bits per heavy atom. The molecule has 0 bridgehead atoms. The summed E-state index contributed by atoms with van der Waals surface area (Å²) in [5.74, 6) is 0.910. The van der Waals surface area contributed by atoms with Crippen molar-refractivity contribution in [3.63, 3.8) is 0 Å². The summed E-state index contributed by atoms with van der Waals surface area (Å²) >= 11 is 0. The maximum atomic E-state index is 6.35. The van der Waals surface area contributed by atoms with Crippen LogP contribution < -0.4 is 4.74 Å². The molecule has 0 saturated heterocycles. The molecule has 0 unspecified atom stereocenters. The van der Waals surface area contributed by atoms with E-state index in [4.69, 9.17) is 4.74 Å². The van der Waals surface area contributed by atoms with Crippen LogP contribution in [0.1, 0.15) is 30.0 Å². The first-order valence-electron chi connectivity index (χ1n) is 11.4. The fourth-order valence-corrected chi connectivity index (χ4v) is 4.12.